The highest BCUT2D eigenvalue weighted by molar-refractivity contribution is 6.50. The van der Waals surface area contributed by atoms with Crippen molar-refractivity contribution in [3.05, 3.63) is 29.3 Å². The van der Waals surface area contributed by atoms with Gasteiger partial charge in [-0.25, -0.2) is 4.79 Å². The minimum atomic E-state index is -6.00. The van der Waals surface area contributed by atoms with Crippen molar-refractivity contribution in [2.24, 2.45) is 0 Å². The van der Waals surface area contributed by atoms with Crippen molar-refractivity contribution in [3.63, 3.8) is 0 Å². The van der Waals surface area contributed by atoms with E-state index in [4.69, 9.17) is 5.53 Å². The molecule has 0 fully saturated rings. The lowest BCUT2D eigenvalue weighted by molar-refractivity contribution is -0.135. The van der Waals surface area contributed by atoms with Crippen molar-refractivity contribution in [1.82, 2.24) is 0 Å². The van der Waals surface area contributed by atoms with Gasteiger partial charge in [-0.05, 0) is 6.08 Å². The molecule has 0 aromatic rings. The average molecular weight is 251 g/mol. The number of ether oxygens (including phenoxy) is 1. The Bertz CT molecular complexity index is 391. The first kappa shape index (κ1) is 15.1. The van der Waals surface area contributed by atoms with Crippen LogP contribution in [-0.2, 0) is 9.53 Å². The van der Waals surface area contributed by atoms with Crippen molar-refractivity contribution in [1.29, 1.82) is 0 Å². The molecular formula is C8H8BF4N2O2-. The van der Waals surface area contributed by atoms with Crippen LogP contribution in [0.3, 0.4) is 0 Å². The van der Waals surface area contributed by atoms with Crippen LogP contribution in [0.5, 0.6) is 0 Å². The molecule has 9 heteroatoms. The quantitative estimate of drug-likeness (QED) is 0.235. The van der Waals surface area contributed by atoms with Gasteiger partial charge in [-0.3, -0.25) is 0 Å². The van der Waals surface area contributed by atoms with Crippen molar-refractivity contribution < 1.29 is 31.6 Å². The normalized spacial score (nSPS) is 14.2. The monoisotopic (exact) mass is 251 g/mol. The number of esters is 1. The highest BCUT2D eigenvalue weighted by Crippen LogP contribution is 2.08. The second-order valence-corrected chi connectivity index (χ2v) is 2.77. The van der Waals surface area contributed by atoms with E-state index in [9.17, 15) is 22.1 Å². The molecule has 0 heterocycles. The Morgan fingerprint density at radius 3 is 2.24 bits per heavy atom. The summed E-state index contributed by atoms with van der Waals surface area (Å²) >= 11 is 0. The molecule has 1 aliphatic carbocycles. The number of rotatable bonds is 1. The summed E-state index contributed by atoms with van der Waals surface area (Å²) in [7, 11) is -4.67. The van der Waals surface area contributed by atoms with Crippen LogP contribution >= 0.6 is 0 Å². The van der Waals surface area contributed by atoms with Gasteiger partial charge in [-0.1, -0.05) is 6.08 Å². The van der Waals surface area contributed by atoms with Gasteiger partial charge in [-0.15, -0.1) is 0 Å². The summed E-state index contributed by atoms with van der Waals surface area (Å²) in [6, 6.07) is 0. The van der Waals surface area contributed by atoms with E-state index in [-0.39, 0.29) is 5.97 Å². The largest absolute Gasteiger partial charge is 0.673 e. The van der Waals surface area contributed by atoms with Crippen molar-refractivity contribution in [2.45, 2.75) is 6.42 Å². The number of hydrogen-bond acceptors (Lipinski definition) is 2. The first-order chi connectivity index (χ1) is 7.77. The third kappa shape index (κ3) is 7.98. The molecule has 1 rings (SSSR count). The lowest BCUT2D eigenvalue weighted by Gasteiger charge is -2.01. The van der Waals surface area contributed by atoms with Crippen LogP contribution in [0.15, 0.2) is 23.8 Å². The van der Waals surface area contributed by atoms with Crippen molar-refractivity contribution >= 4 is 18.9 Å². The fourth-order valence-electron chi connectivity index (χ4n) is 0.880. The first-order valence-electron chi connectivity index (χ1n) is 4.32. The van der Waals surface area contributed by atoms with Gasteiger partial charge in [0.25, 0.3) is 5.71 Å². The second-order valence-electron chi connectivity index (χ2n) is 2.77. The minimum Gasteiger partial charge on any atom is -0.465 e. The number of carbonyl (C=O) groups is 1. The fourth-order valence-corrected chi connectivity index (χ4v) is 0.880. The lowest BCUT2D eigenvalue weighted by atomic mass is 10.1. The Hall–Kier alpha value is -1.89. The topological polar surface area (TPSA) is 62.7 Å². The molecule has 94 valence electrons. The van der Waals surface area contributed by atoms with Crippen molar-refractivity contribution in [2.75, 3.05) is 7.11 Å². The molecule has 0 aromatic carbocycles. The highest BCUT2D eigenvalue weighted by atomic mass is 19.5. The number of allylic oxidation sites excluding steroid dienone is 2. The van der Waals surface area contributed by atoms with E-state index in [1.165, 1.54) is 7.11 Å². The predicted molar refractivity (Wildman–Crippen MR) is 52.7 cm³/mol. The molecule has 0 aliphatic heterocycles. The smallest absolute Gasteiger partial charge is 0.465 e. The van der Waals surface area contributed by atoms with E-state index in [1.807, 2.05) is 0 Å². The summed E-state index contributed by atoms with van der Waals surface area (Å²) in [5.74, 6) is -0.372. The van der Waals surface area contributed by atoms with Gasteiger partial charge in [0.15, 0.2) is 0 Å². The predicted octanol–water partition coefficient (Wildman–Crippen LogP) is 2.02. The summed E-state index contributed by atoms with van der Waals surface area (Å²) in [4.78, 5) is 13.9. The second kappa shape index (κ2) is 6.64. The molecule has 1 aliphatic rings. The van der Waals surface area contributed by atoms with Crippen LogP contribution in [0.1, 0.15) is 6.42 Å². The van der Waals surface area contributed by atoms with Crippen LogP contribution < -0.4 is 0 Å². The van der Waals surface area contributed by atoms with Crippen LogP contribution in [0.25, 0.3) is 5.53 Å². The molecule has 0 bridgehead atoms. The van der Waals surface area contributed by atoms with Crippen LogP contribution in [0.4, 0.5) is 17.3 Å². The standard InChI is InChI=1S/C8H8N2O2.BF4/c1-12-8(11)6-2-4-7(10-9)5-3-6;2-1(3,4)5/h2-4H,5H2,1H3;/q;-1. The lowest BCUT2D eigenvalue weighted by Crippen LogP contribution is -2.07. The minimum absolute atomic E-state index is 0.372. The fraction of sp³-hybridized carbons (Fsp3) is 0.250. The third-order valence-electron chi connectivity index (χ3n) is 1.54. The molecule has 0 atom stereocenters. The zero-order valence-corrected chi connectivity index (χ0v) is 8.74. The molecule has 0 aromatic heterocycles. The van der Waals surface area contributed by atoms with E-state index < -0.39 is 7.25 Å². The maximum atomic E-state index is 10.9. The van der Waals surface area contributed by atoms with Crippen molar-refractivity contribution in [3.8, 4) is 0 Å². The number of methoxy groups -OCH3 is 1. The summed E-state index contributed by atoms with van der Waals surface area (Å²) in [6.07, 6.45) is 5.24. The van der Waals surface area contributed by atoms with Crippen LogP contribution in [0.2, 0.25) is 0 Å². The van der Waals surface area contributed by atoms with Gasteiger partial charge in [0.1, 0.15) is 0 Å². The number of nitrogens with zero attached hydrogens (tertiary/aromatic N) is 2. The molecule has 4 nitrogen and oxygen atoms in total. The number of hydrogen-bond donors (Lipinski definition) is 0. The summed E-state index contributed by atoms with van der Waals surface area (Å²) in [5.41, 5.74) is 9.39. The molecule has 0 radical (unpaired) electrons. The molecule has 17 heavy (non-hydrogen) atoms. The first-order valence-corrected chi connectivity index (χ1v) is 4.32. The summed E-state index contributed by atoms with van der Waals surface area (Å²) in [6.45, 7) is 0. The van der Waals surface area contributed by atoms with Gasteiger partial charge in [0, 0.05) is 6.08 Å². The molecule has 0 saturated carbocycles. The van der Waals surface area contributed by atoms with Gasteiger partial charge in [0.2, 0.25) is 0 Å². The molecule has 0 spiro atoms. The Morgan fingerprint density at radius 1 is 1.41 bits per heavy atom. The molecule has 0 unspecified atom stereocenters. The van der Waals surface area contributed by atoms with Gasteiger partial charge >= 0.3 is 13.2 Å². The highest BCUT2D eigenvalue weighted by Gasteiger charge is 2.20. The van der Waals surface area contributed by atoms with E-state index in [2.05, 4.69) is 9.53 Å². The van der Waals surface area contributed by atoms with E-state index >= 15 is 0 Å². The third-order valence-corrected chi connectivity index (χ3v) is 1.54. The number of carbonyl (C=O) groups excluding carboxylic acids is 1. The van der Waals surface area contributed by atoms with Crippen LogP contribution in [0, 0.1) is 0 Å². The Labute approximate surface area is 94.3 Å². The molecular weight excluding hydrogens is 243 g/mol. The molecule has 0 saturated heterocycles. The summed E-state index contributed by atoms with van der Waals surface area (Å²) in [5, 5.41) is 0. The molecule has 0 N–H and O–H groups in total. The average Bonchev–Trinajstić information content (AvgIpc) is 2.26. The van der Waals surface area contributed by atoms with E-state index in [0.717, 1.165) is 0 Å². The maximum absolute atomic E-state index is 10.9. The zero-order chi connectivity index (χ0) is 13.5. The van der Waals surface area contributed by atoms with E-state index in [0.29, 0.717) is 17.7 Å². The van der Waals surface area contributed by atoms with E-state index in [1.54, 1.807) is 18.2 Å². The van der Waals surface area contributed by atoms with Crippen LogP contribution in [-0.4, -0.2) is 30.8 Å². The van der Waals surface area contributed by atoms with Gasteiger partial charge < -0.3 is 27.5 Å². The summed E-state index contributed by atoms with van der Waals surface area (Å²) < 4.78 is 43.5. The molecule has 0 amide bonds. The van der Waals surface area contributed by atoms with Gasteiger partial charge in [0.05, 0.1) is 19.1 Å². The Kier molecular flexibility index (Phi) is 5.91. The number of halogens is 4. The Balaban J connectivity index is 0.000000437. The SMILES string of the molecule is COC(=O)C1=CCC(=[N+]=[N-])C=C1.F[B-](F)(F)F. The Morgan fingerprint density at radius 2 is 1.94 bits per heavy atom. The zero-order valence-electron chi connectivity index (χ0n) is 8.74. The van der Waals surface area contributed by atoms with Gasteiger partial charge in [-0.2, -0.15) is 4.79 Å². The maximum Gasteiger partial charge on any atom is 0.673 e.